The van der Waals surface area contributed by atoms with Crippen LogP contribution in [-0.4, -0.2) is 54.7 Å². The van der Waals surface area contributed by atoms with Crippen LogP contribution in [-0.2, 0) is 11.8 Å². The van der Waals surface area contributed by atoms with Crippen molar-refractivity contribution in [3.05, 3.63) is 41.5 Å². The summed E-state index contributed by atoms with van der Waals surface area (Å²) in [4.78, 5) is 7.82. The van der Waals surface area contributed by atoms with Crippen LogP contribution in [0.1, 0.15) is 56.6 Å². The lowest BCUT2D eigenvalue weighted by molar-refractivity contribution is 0.0777. The van der Waals surface area contributed by atoms with Crippen molar-refractivity contribution in [2.75, 3.05) is 33.9 Å². The van der Waals surface area contributed by atoms with Gasteiger partial charge in [-0.15, -0.1) is 0 Å². The molecule has 1 unspecified atom stereocenters. The van der Waals surface area contributed by atoms with E-state index in [1.165, 1.54) is 37.1 Å². The molecule has 3 aliphatic heterocycles. The first kappa shape index (κ1) is 23.0. The number of aliphatic imine (C=N–C) groups is 1. The molecule has 0 saturated carbocycles. The van der Waals surface area contributed by atoms with Gasteiger partial charge in [-0.05, 0) is 92.8 Å². The number of piperidine rings is 1. The van der Waals surface area contributed by atoms with E-state index in [9.17, 15) is 10.2 Å². The van der Waals surface area contributed by atoms with Gasteiger partial charge in [0.25, 0.3) is 0 Å². The summed E-state index contributed by atoms with van der Waals surface area (Å²) in [5, 5.41) is 20.7. The van der Waals surface area contributed by atoms with E-state index < -0.39 is 0 Å². The molecule has 0 radical (unpaired) electrons. The van der Waals surface area contributed by atoms with Gasteiger partial charge in [0, 0.05) is 23.7 Å². The zero-order chi connectivity index (χ0) is 23.9. The molecule has 0 aromatic heterocycles. The third-order valence-electron chi connectivity index (χ3n) is 8.59. The van der Waals surface area contributed by atoms with Gasteiger partial charge in [-0.25, -0.2) is 0 Å². The first-order valence-corrected chi connectivity index (χ1v) is 12.5. The van der Waals surface area contributed by atoms with E-state index in [0.717, 1.165) is 50.0 Å². The molecule has 5 rings (SSSR count). The van der Waals surface area contributed by atoms with Crippen molar-refractivity contribution in [3.63, 3.8) is 0 Å². The molecule has 3 aliphatic rings. The SMILES string of the molecule is CC[C@@]12CCCN(CC[C@]3(Cc4cc(OC)c(O)c(OC)c4)C(=Nc4cc(O)ccc43)CC1)C2. The van der Waals surface area contributed by atoms with Crippen LogP contribution >= 0.6 is 0 Å². The van der Waals surface area contributed by atoms with Crippen LogP contribution in [0.25, 0.3) is 0 Å². The highest BCUT2D eigenvalue weighted by Crippen LogP contribution is 2.51. The fourth-order valence-corrected chi connectivity index (χ4v) is 6.59. The molecular weight excluding hydrogens is 428 g/mol. The van der Waals surface area contributed by atoms with Crippen LogP contribution in [0.3, 0.4) is 0 Å². The minimum Gasteiger partial charge on any atom is -0.508 e. The van der Waals surface area contributed by atoms with E-state index in [1.54, 1.807) is 26.4 Å². The normalized spacial score (nSPS) is 28.1. The van der Waals surface area contributed by atoms with Gasteiger partial charge in [-0.1, -0.05) is 13.0 Å². The second-order valence-electron chi connectivity index (χ2n) is 10.4. The van der Waals surface area contributed by atoms with Crippen LogP contribution in [0, 0.1) is 5.41 Å². The molecule has 2 N–H and O–H groups in total. The lowest BCUT2D eigenvalue weighted by atomic mass is 9.68. The Morgan fingerprint density at radius 3 is 2.47 bits per heavy atom. The molecule has 3 heterocycles. The zero-order valence-electron chi connectivity index (χ0n) is 20.6. The second-order valence-corrected chi connectivity index (χ2v) is 10.4. The standard InChI is InChI=1S/C28H36N2O4/c1-4-27-9-5-12-30(18-27)13-11-28(17-19-14-23(33-2)26(32)24(15-19)34-3)21-7-6-20(31)16-22(21)29-25(28)8-10-27/h6-7,14-16,31-32H,4-5,8-13,17-18H2,1-3H3/t27-,28-/m1/s1. The molecule has 6 nitrogen and oxygen atoms in total. The van der Waals surface area contributed by atoms with Crippen molar-refractivity contribution in [1.29, 1.82) is 0 Å². The number of hydrogen-bond donors (Lipinski definition) is 2. The largest absolute Gasteiger partial charge is 0.508 e. The Kier molecular flexibility index (Phi) is 5.96. The van der Waals surface area contributed by atoms with E-state index in [2.05, 4.69) is 17.9 Å². The quantitative estimate of drug-likeness (QED) is 0.623. The monoisotopic (exact) mass is 464 g/mol. The van der Waals surface area contributed by atoms with Crippen molar-refractivity contribution < 1.29 is 19.7 Å². The predicted octanol–water partition coefficient (Wildman–Crippen LogP) is 5.36. The summed E-state index contributed by atoms with van der Waals surface area (Å²) in [5.74, 6) is 1.11. The molecule has 2 saturated heterocycles. The molecule has 3 atom stereocenters. The van der Waals surface area contributed by atoms with Gasteiger partial charge < -0.3 is 24.6 Å². The summed E-state index contributed by atoms with van der Waals surface area (Å²) >= 11 is 0. The average Bonchev–Trinajstić information content (AvgIpc) is 3.15. The van der Waals surface area contributed by atoms with Crippen molar-refractivity contribution in [2.24, 2.45) is 10.4 Å². The van der Waals surface area contributed by atoms with Gasteiger partial charge in [0.05, 0.1) is 19.9 Å². The average molecular weight is 465 g/mol. The molecule has 34 heavy (non-hydrogen) atoms. The molecule has 2 aromatic carbocycles. The Labute approximate surface area is 202 Å². The molecule has 2 bridgehead atoms. The maximum absolute atomic E-state index is 10.5. The minimum absolute atomic E-state index is 0.0242. The van der Waals surface area contributed by atoms with Crippen LogP contribution in [0.5, 0.6) is 23.0 Å². The Morgan fingerprint density at radius 1 is 1.00 bits per heavy atom. The fourth-order valence-electron chi connectivity index (χ4n) is 6.59. The number of benzene rings is 2. The van der Waals surface area contributed by atoms with E-state index in [0.29, 0.717) is 16.9 Å². The molecule has 2 fully saturated rings. The summed E-state index contributed by atoms with van der Waals surface area (Å²) in [6, 6.07) is 9.49. The Hall–Kier alpha value is -2.73. The molecule has 182 valence electrons. The Bertz CT molecular complexity index is 1090. The highest BCUT2D eigenvalue weighted by atomic mass is 16.5. The van der Waals surface area contributed by atoms with Gasteiger partial charge in [0.2, 0.25) is 5.75 Å². The number of phenolic OH excluding ortho intramolecular Hbond substituents is 2. The second kappa shape index (κ2) is 8.81. The molecule has 0 aliphatic carbocycles. The fraction of sp³-hybridized carbons (Fsp3) is 0.536. The van der Waals surface area contributed by atoms with Gasteiger partial charge in [-0.2, -0.15) is 0 Å². The lowest BCUT2D eigenvalue weighted by Gasteiger charge is -2.42. The van der Waals surface area contributed by atoms with E-state index in [-0.39, 0.29) is 16.9 Å². The number of phenols is 2. The van der Waals surface area contributed by atoms with Gasteiger partial charge in [-0.3, -0.25) is 4.99 Å². The Balaban J connectivity index is 1.62. The van der Waals surface area contributed by atoms with Gasteiger partial charge >= 0.3 is 0 Å². The summed E-state index contributed by atoms with van der Waals surface area (Å²) in [6.07, 6.45) is 7.57. The zero-order valence-corrected chi connectivity index (χ0v) is 20.6. The highest BCUT2D eigenvalue weighted by Gasteiger charge is 2.46. The van der Waals surface area contributed by atoms with E-state index in [1.807, 2.05) is 12.1 Å². The molecule has 6 heteroatoms. The molecule has 0 amide bonds. The maximum Gasteiger partial charge on any atom is 0.200 e. The Morgan fingerprint density at radius 2 is 1.76 bits per heavy atom. The van der Waals surface area contributed by atoms with E-state index in [4.69, 9.17) is 14.5 Å². The number of ether oxygens (including phenoxy) is 2. The van der Waals surface area contributed by atoms with Crippen LogP contribution < -0.4 is 9.47 Å². The number of fused-ring (bicyclic) bond motifs is 5. The number of aromatic hydroxyl groups is 2. The van der Waals surface area contributed by atoms with Gasteiger partial charge in [0.15, 0.2) is 11.5 Å². The van der Waals surface area contributed by atoms with Crippen molar-refractivity contribution in [3.8, 4) is 23.0 Å². The third-order valence-corrected chi connectivity index (χ3v) is 8.59. The van der Waals surface area contributed by atoms with Crippen molar-refractivity contribution in [2.45, 2.75) is 57.3 Å². The summed E-state index contributed by atoms with van der Waals surface area (Å²) < 4.78 is 10.9. The van der Waals surface area contributed by atoms with Crippen LogP contribution in [0.2, 0.25) is 0 Å². The highest BCUT2D eigenvalue weighted by molar-refractivity contribution is 6.02. The first-order valence-electron chi connectivity index (χ1n) is 12.5. The topological polar surface area (TPSA) is 74.5 Å². The molecule has 0 spiro atoms. The third kappa shape index (κ3) is 3.82. The molecule has 2 aromatic rings. The van der Waals surface area contributed by atoms with Crippen molar-refractivity contribution >= 4 is 11.4 Å². The van der Waals surface area contributed by atoms with Crippen LogP contribution in [0.15, 0.2) is 35.3 Å². The minimum atomic E-state index is -0.261. The number of hydrogen-bond acceptors (Lipinski definition) is 6. The van der Waals surface area contributed by atoms with E-state index >= 15 is 0 Å². The predicted molar refractivity (Wildman–Crippen MR) is 134 cm³/mol. The lowest BCUT2D eigenvalue weighted by Crippen LogP contribution is -2.44. The summed E-state index contributed by atoms with van der Waals surface area (Å²) in [5.41, 5.74) is 4.44. The maximum atomic E-state index is 10.5. The summed E-state index contributed by atoms with van der Waals surface area (Å²) in [7, 11) is 3.13. The van der Waals surface area contributed by atoms with Gasteiger partial charge in [0.1, 0.15) is 5.75 Å². The van der Waals surface area contributed by atoms with Crippen molar-refractivity contribution in [1.82, 2.24) is 4.90 Å². The number of rotatable bonds is 5. The number of methoxy groups -OCH3 is 2. The summed E-state index contributed by atoms with van der Waals surface area (Å²) in [6.45, 7) is 5.70. The first-order chi connectivity index (χ1) is 16.4. The van der Waals surface area contributed by atoms with Crippen LogP contribution in [0.4, 0.5) is 5.69 Å². The smallest absolute Gasteiger partial charge is 0.200 e. The number of nitrogens with zero attached hydrogens (tertiary/aromatic N) is 2. The molecular formula is C28H36N2O4.